The smallest absolute Gasteiger partial charge is 0.197 e. The van der Waals surface area contributed by atoms with E-state index in [-0.39, 0.29) is 0 Å². The summed E-state index contributed by atoms with van der Waals surface area (Å²) in [5, 5.41) is 4.02. The average Bonchev–Trinajstić information content (AvgIpc) is 2.56. The summed E-state index contributed by atoms with van der Waals surface area (Å²) in [6, 6.07) is 2.35. The van der Waals surface area contributed by atoms with Crippen LogP contribution in [0.25, 0.3) is 0 Å². The molecule has 1 aliphatic carbocycles. The molecule has 84 valence electrons. The summed E-state index contributed by atoms with van der Waals surface area (Å²) in [5.41, 5.74) is 1.12. The van der Waals surface area contributed by atoms with Crippen LogP contribution >= 0.6 is 11.6 Å². The predicted molar refractivity (Wildman–Crippen MR) is 62.1 cm³/mol. The van der Waals surface area contributed by atoms with Crippen molar-refractivity contribution in [1.29, 1.82) is 0 Å². The van der Waals surface area contributed by atoms with Gasteiger partial charge in [0.1, 0.15) is 0 Å². The van der Waals surface area contributed by atoms with Crippen molar-refractivity contribution in [2.24, 2.45) is 5.92 Å². The third-order valence-corrected chi connectivity index (χ3v) is 3.57. The molecule has 0 aromatic carbocycles. The fourth-order valence-corrected chi connectivity index (χ4v) is 2.43. The monoisotopic (exact) mass is 227 g/mol. The van der Waals surface area contributed by atoms with E-state index in [9.17, 15) is 0 Å². The normalized spacial score (nSPS) is 18.8. The van der Waals surface area contributed by atoms with Crippen molar-refractivity contribution in [2.75, 3.05) is 6.54 Å². The lowest BCUT2D eigenvalue weighted by atomic mass is 9.80. The van der Waals surface area contributed by atoms with Gasteiger partial charge in [-0.25, -0.2) is 0 Å². The van der Waals surface area contributed by atoms with E-state index in [1.807, 2.05) is 6.07 Å². The van der Waals surface area contributed by atoms with Gasteiger partial charge in [0, 0.05) is 11.6 Å². The number of furan rings is 1. The first-order valence-electron chi connectivity index (χ1n) is 5.77. The van der Waals surface area contributed by atoms with Crippen molar-refractivity contribution in [3.8, 4) is 0 Å². The van der Waals surface area contributed by atoms with Gasteiger partial charge < -0.3 is 9.73 Å². The van der Waals surface area contributed by atoms with E-state index in [0.29, 0.717) is 11.3 Å². The Hall–Kier alpha value is -0.470. The maximum absolute atomic E-state index is 6.01. The molecule has 0 aliphatic heterocycles. The molecule has 2 nitrogen and oxygen atoms in total. The number of hydrogen-bond donors (Lipinski definition) is 1. The first kappa shape index (κ1) is 11.0. The first-order valence-corrected chi connectivity index (χ1v) is 6.15. The Kier molecular flexibility index (Phi) is 3.71. The molecule has 1 aromatic rings. The third kappa shape index (κ3) is 2.56. The molecular weight excluding hydrogens is 210 g/mol. The molecule has 1 N–H and O–H groups in total. The second-order valence-electron chi connectivity index (χ2n) is 4.29. The molecule has 0 spiro atoms. The van der Waals surface area contributed by atoms with Crippen molar-refractivity contribution < 1.29 is 4.42 Å². The van der Waals surface area contributed by atoms with Gasteiger partial charge >= 0.3 is 0 Å². The Bertz CT molecular complexity index is 306. The van der Waals surface area contributed by atoms with Crippen LogP contribution in [0.3, 0.4) is 0 Å². The van der Waals surface area contributed by atoms with E-state index >= 15 is 0 Å². The summed E-state index contributed by atoms with van der Waals surface area (Å²) < 4.78 is 5.15. The molecule has 2 rings (SSSR count). The molecule has 0 radical (unpaired) electrons. The van der Waals surface area contributed by atoms with Crippen molar-refractivity contribution in [1.82, 2.24) is 5.32 Å². The van der Waals surface area contributed by atoms with Gasteiger partial charge in [0.2, 0.25) is 0 Å². The lowest BCUT2D eigenvalue weighted by molar-refractivity contribution is 0.262. The van der Waals surface area contributed by atoms with Gasteiger partial charge in [-0.3, -0.25) is 0 Å². The maximum atomic E-state index is 6.01. The number of nitrogens with one attached hydrogen (secondary N) is 1. The Balaban J connectivity index is 2.01. The van der Waals surface area contributed by atoms with Gasteiger partial charge in [-0.15, -0.1) is 0 Å². The maximum Gasteiger partial charge on any atom is 0.197 e. The number of rotatable bonds is 5. The molecule has 15 heavy (non-hydrogen) atoms. The van der Waals surface area contributed by atoms with E-state index < -0.39 is 0 Å². The fourth-order valence-electron chi connectivity index (χ4n) is 2.18. The van der Waals surface area contributed by atoms with Gasteiger partial charge in [0.05, 0.1) is 6.26 Å². The van der Waals surface area contributed by atoms with Crippen LogP contribution in [0, 0.1) is 5.92 Å². The van der Waals surface area contributed by atoms with Crippen molar-refractivity contribution >= 4 is 11.6 Å². The highest BCUT2D eigenvalue weighted by atomic mass is 35.5. The van der Waals surface area contributed by atoms with Crippen LogP contribution in [0.2, 0.25) is 5.22 Å². The van der Waals surface area contributed by atoms with Crippen LogP contribution in [0.15, 0.2) is 16.7 Å². The minimum absolute atomic E-state index is 0.367. The fraction of sp³-hybridized carbons (Fsp3) is 0.667. The molecule has 1 unspecified atom stereocenters. The van der Waals surface area contributed by atoms with Gasteiger partial charge in [-0.1, -0.05) is 26.2 Å². The molecule has 1 atom stereocenters. The lowest BCUT2D eigenvalue weighted by Gasteiger charge is -2.29. The van der Waals surface area contributed by atoms with Crippen LogP contribution in [0.1, 0.15) is 44.2 Å². The Morgan fingerprint density at radius 2 is 2.40 bits per heavy atom. The minimum atomic E-state index is 0.367. The highest BCUT2D eigenvalue weighted by Gasteiger charge is 2.24. The topological polar surface area (TPSA) is 25.2 Å². The Morgan fingerprint density at radius 3 is 2.87 bits per heavy atom. The van der Waals surface area contributed by atoms with Crippen LogP contribution in [0.4, 0.5) is 0 Å². The van der Waals surface area contributed by atoms with E-state index in [2.05, 4.69) is 12.2 Å². The molecule has 1 heterocycles. The average molecular weight is 228 g/mol. The van der Waals surface area contributed by atoms with Crippen molar-refractivity contribution in [3.05, 3.63) is 23.1 Å². The molecule has 1 aromatic heterocycles. The van der Waals surface area contributed by atoms with Crippen molar-refractivity contribution in [2.45, 2.75) is 38.6 Å². The number of hydrogen-bond acceptors (Lipinski definition) is 2. The Labute approximate surface area is 96.0 Å². The molecule has 0 amide bonds. The highest BCUT2D eigenvalue weighted by Crippen LogP contribution is 2.36. The molecule has 0 saturated heterocycles. The molecule has 1 saturated carbocycles. The zero-order valence-corrected chi connectivity index (χ0v) is 9.89. The highest BCUT2D eigenvalue weighted by molar-refractivity contribution is 6.29. The molecule has 1 fully saturated rings. The molecular formula is C12H18ClNO. The van der Waals surface area contributed by atoms with Gasteiger partial charge in [0.25, 0.3) is 0 Å². The summed E-state index contributed by atoms with van der Waals surface area (Å²) in [5.74, 6) is 0.875. The molecule has 0 bridgehead atoms. The first-order chi connectivity index (χ1) is 7.31. The van der Waals surface area contributed by atoms with E-state index in [0.717, 1.165) is 18.0 Å². The van der Waals surface area contributed by atoms with E-state index in [1.54, 1.807) is 6.26 Å². The molecule has 1 aliphatic rings. The SMILES string of the molecule is CCNC(CC1CCC1)c1ccoc1Cl. The summed E-state index contributed by atoms with van der Waals surface area (Å²) in [6.07, 6.45) is 6.99. The van der Waals surface area contributed by atoms with Gasteiger partial charge in [-0.05, 0) is 36.6 Å². The van der Waals surface area contributed by atoms with Gasteiger partial charge in [0.15, 0.2) is 5.22 Å². The van der Waals surface area contributed by atoms with Crippen LogP contribution in [0.5, 0.6) is 0 Å². The third-order valence-electron chi connectivity index (χ3n) is 3.27. The summed E-state index contributed by atoms with van der Waals surface area (Å²) in [4.78, 5) is 0. The second-order valence-corrected chi connectivity index (χ2v) is 4.64. The quantitative estimate of drug-likeness (QED) is 0.829. The summed E-state index contributed by atoms with van der Waals surface area (Å²) >= 11 is 6.01. The van der Waals surface area contributed by atoms with Crippen LogP contribution < -0.4 is 5.32 Å². The van der Waals surface area contributed by atoms with E-state index in [1.165, 1.54) is 25.7 Å². The van der Waals surface area contributed by atoms with Crippen molar-refractivity contribution in [3.63, 3.8) is 0 Å². The lowest BCUT2D eigenvalue weighted by Crippen LogP contribution is -2.25. The minimum Gasteiger partial charge on any atom is -0.453 e. The Morgan fingerprint density at radius 1 is 1.60 bits per heavy atom. The predicted octanol–water partition coefficient (Wildman–Crippen LogP) is 3.77. The summed E-state index contributed by atoms with van der Waals surface area (Å²) in [6.45, 7) is 3.10. The zero-order chi connectivity index (χ0) is 10.7. The van der Waals surface area contributed by atoms with E-state index in [4.69, 9.17) is 16.0 Å². The largest absolute Gasteiger partial charge is 0.453 e. The van der Waals surface area contributed by atoms with Crippen LogP contribution in [-0.4, -0.2) is 6.54 Å². The van der Waals surface area contributed by atoms with Crippen LogP contribution in [-0.2, 0) is 0 Å². The zero-order valence-electron chi connectivity index (χ0n) is 9.13. The summed E-state index contributed by atoms with van der Waals surface area (Å²) in [7, 11) is 0. The van der Waals surface area contributed by atoms with Gasteiger partial charge in [-0.2, -0.15) is 0 Å². The molecule has 3 heteroatoms. The number of halogens is 1. The standard InChI is InChI=1S/C12H18ClNO/c1-2-14-11(8-9-4-3-5-9)10-6-7-15-12(10)13/h6-7,9,11,14H,2-5,8H2,1H3. The second kappa shape index (κ2) is 5.04.